The van der Waals surface area contributed by atoms with Gasteiger partial charge in [0.05, 0.1) is 6.61 Å². The minimum Gasteiger partial charge on any atom is -0.370 e. The lowest BCUT2D eigenvalue weighted by Crippen LogP contribution is -2.40. The molecule has 4 heteroatoms. The van der Waals surface area contributed by atoms with Crippen LogP contribution in [0.1, 0.15) is 26.7 Å². The predicted octanol–water partition coefficient (Wildman–Crippen LogP) is 0.609. The van der Waals surface area contributed by atoms with Gasteiger partial charge in [-0.15, -0.1) is 0 Å². The molecule has 1 aliphatic rings. The Morgan fingerprint density at radius 3 is 2.67 bits per heavy atom. The Hall–Kier alpha value is -0.610. The third-order valence-corrected chi connectivity index (χ3v) is 2.58. The number of nitrogens with zero attached hydrogens (tertiary/aromatic N) is 1. The molecule has 0 unspecified atom stereocenters. The predicted molar refractivity (Wildman–Crippen MR) is 59.4 cm³/mol. The first-order chi connectivity index (χ1) is 7.15. The van der Waals surface area contributed by atoms with E-state index >= 15 is 0 Å². The molecule has 0 aromatic rings. The number of nitrogens with two attached hydrogens (primary N) is 1. The Labute approximate surface area is 91.8 Å². The highest BCUT2D eigenvalue weighted by molar-refractivity contribution is 5.77. The second kappa shape index (κ2) is 6.08. The van der Waals surface area contributed by atoms with Crippen LogP contribution in [0.3, 0.4) is 0 Å². The van der Waals surface area contributed by atoms with Gasteiger partial charge in [0.25, 0.3) is 0 Å². The van der Waals surface area contributed by atoms with Crippen LogP contribution in [0.5, 0.6) is 0 Å². The summed E-state index contributed by atoms with van der Waals surface area (Å²) >= 11 is 0. The SMILES string of the molecule is CC(C)N(CC1CC1)C(=O)COCCN. The highest BCUT2D eigenvalue weighted by Gasteiger charge is 2.27. The third kappa shape index (κ3) is 4.62. The number of ether oxygens (including phenoxy) is 1. The van der Waals surface area contributed by atoms with Gasteiger partial charge in [-0.1, -0.05) is 0 Å². The highest BCUT2D eigenvalue weighted by Crippen LogP contribution is 2.30. The van der Waals surface area contributed by atoms with E-state index in [2.05, 4.69) is 0 Å². The number of carbonyl (C=O) groups is 1. The maximum absolute atomic E-state index is 11.8. The van der Waals surface area contributed by atoms with Crippen LogP contribution in [0.2, 0.25) is 0 Å². The lowest BCUT2D eigenvalue weighted by Gasteiger charge is -2.26. The Morgan fingerprint density at radius 2 is 2.20 bits per heavy atom. The zero-order valence-electron chi connectivity index (χ0n) is 9.74. The van der Waals surface area contributed by atoms with Crippen LogP contribution in [-0.2, 0) is 9.53 Å². The summed E-state index contributed by atoms with van der Waals surface area (Å²) in [6.45, 7) is 6.08. The van der Waals surface area contributed by atoms with Crippen LogP contribution in [0, 0.1) is 5.92 Å². The molecule has 0 bridgehead atoms. The molecule has 1 aliphatic carbocycles. The summed E-state index contributed by atoms with van der Waals surface area (Å²) < 4.78 is 5.16. The van der Waals surface area contributed by atoms with E-state index in [0.29, 0.717) is 13.2 Å². The van der Waals surface area contributed by atoms with E-state index in [1.165, 1.54) is 12.8 Å². The van der Waals surface area contributed by atoms with E-state index in [4.69, 9.17) is 10.5 Å². The third-order valence-electron chi connectivity index (χ3n) is 2.58. The molecule has 15 heavy (non-hydrogen) atoms. The molecule has 0 saturated heterocycles. The average molecular weight is 214 g/mol. The second-order valence-corrected chi connectivity index (χ2v) is 4.42. The van der Waals surface area contributed by atoms with Crippen LogP contribution in [0.15, 0.2) is 0 Å². The molecule has 1 rings (SSSR count). The monoisotopic (exact) mass is 214 g/mol. The van der Waals surface area contributed by atoms with Gasteiger partial charge in [-0.2, -0.15) is 0 Å². The zero-order valence-corrected chi connectivity index (χ0v) is 9.74. The molecule has 88 valence electrons. The molecule has 0 aromatic heterocycles. The van der Waals surface area contributed by atoms with Gasteiger partial charge >= 0.3 is 0 Å². The van der Waals surface area contributed by atoms with Crippen molar-refractivity contribution in [1.29, 1.82) is 0 Å². The zero-order chi connectivity index (χ0) is 11.3. The van der Waals surface area contributed by atoms with Gasteiger partial charge in [0.1, 0.15) is 6.61 Å². The van der Waals surface area contributed by atoms with Crippen molar-refractivity contribution in [3.05, 3.63) is 0 Å². The normalized spacial score (nSPS) is 15.7. The van der Waals surface area contributed by atoms with Crippen LogP contribution < -0.4 is 5.73 Å². The molecular weight excluding hydrogens is 192 g/mol. The van der Waals surface area contributed by atoms with Crippen molar-refractivity contribution >= 4 is 5.91 Å². The topological polar surface area (TPSA) is 55.6 Å². The molecular formula is C11H22N2O2. The number of hydrogen-bond acceptors (Lipinski definition) is 3. The van der Waals surface area contributed by atoms with Crippen molar-refractivity contribution in [3.8, 4) is 0 Å². The maximum Gasteiger partial charge on any atom is 0.248 e. The van der Waals surface area contributed by atoms with Gasteiger partial charge in [0, 0.05) is 19.1 Å². The fourth-order valence-electron chi connectivity index (χ4n) is 1.50. The Bertz CT molecular complexity index is 203. The van der Waals surface area contributed by atoms with Crippen LogP contribution in [-0.4, -0.2) is 43.2 Å². The minimum atomic E-state index is 0.0883. The summed E-state index contributed by atoms with van der Waals surface area (Å²) in [5.74, 6) is 0.816. The fourth-order valence-corrected chi connectivity index (χ4v) is 1.50. The molecule has 1 fully saturated rings. The van der Waals surface area contributed by atoms with Crippen molar-refractivity contribution in [2.24, 2.45) is 11.7 Å². The molecule has 0 spiro atoms. The van der Waals surface area contributed by atoms with Crippen molar-refractivity contribution in [2.75, 3.05) is 26.3 Å². The van der Waals surface area contributed by atoms with Gasteiger partial charge in [-0.25, -0.2) is 0 Å². The van der Waals surface area contributed by atoms with E-state index < -0.39 is 0 Å². The van der Waals surface area contributed by atoms with E-state index in [-0.39, 0.29) is 18.6 Å². The van der Waals surface area contributed by atoms with Crippen LogP contribution in [0.25, 0.3) is 0 Å². The van der Waals surface area contributed by atoms with Crippen LogP contribution >= 0.6 is 0 Å². The largest absolute Gasteiger partial charge is 0.370 e. The smallest absolute Gasteiger partial charge is 0.248 e. The standard InChI is InChI=1S/C11H22N2O2/c1-9(2)13(7-10-3-4-10)11(14)8-15-6-5-12/h9-10H,3-8,12H2,1-2H3. The molecule has 0 heterocycles. The van der Waals surface area contributed by atoms with Gasteiger partial charge < -0.3 is 15.4 Å². The highest BCUT2D eigenvalue weighted by atomic mass is 16.5. The van der Waals surface area contributed by atoms with Crippen molar-refractivity contribution in [3.63, 3.8) is 0 Å². The lowest BCUT2D eigenvalue weighted by atomic mass is 10.2. The summed E-state index contributed by atoms with van der Waals surface area (Å²) in [7, 11) is 0. The molecule has 0 aromatic carbocycles. The summed E-state index contributed by atoms with van der Waals surface area (Å²) in [6, 6.07) is 0.263. The first kappa shape index (κ1) is 12.5. The maximum atomic E-state index is 11.8. The number of hydrogen-bond donors (Lipinski definition) is 1. The summed E-state index contributed by atoms with van der Waals surface area (Å²) in [5, 5.41) is 0. The molecule has 1 saturated carbocycles. The molecule has 4 nitrogen and oxygen atoms in total. The lowest BCUT2D eigenvalue weighted by molar-refractivity contribution is -0.138. The van der Waals surface area contributed by atoms with Crippen molar-refractivity contribution < 1.29 is 9.53 Å². The average Bonchev–Trinajstić information content (AvgIpc) is 2.97. The Kier molecular flexibility index (Phi) is 5.05. The van der Waals surface area contributed by atoms with E-state index in [0.717, 1.165) is 12.5 Å². The van der Waals surface area contributed by atoms with Gasteiger partial charge in [-0.3, -0.25) is 4.79 Å². The van der Waals surface area contributed by atoms with Crippen LogP contribution in [0.4, 0.5) is 0 Å². The molecule has 0 atom stereocenters. The summed E-state index contributed by atoms with van der Waals surface area (Å²) in [6.07, 6.45) is 2.53. The second-order valence-electron chi connectivity index (χ2n) is 4.42. The summed E-state index contributed by atoms with van der Waals surface area (Å²) in [5.41, 5.74) is 5.29. The van der Waals surface area contributed by atoms with Gasteiger partial charge in [0.2, 0.25) is 5.91 Å². The molecule has 0 aliphatic heterocycles. The molecule has 0 radical (unpaired) electrons. The van der Waals surface area contributed by atoms with Gasteiger partial charge in [-0.05, 0) is 32.6 Å². The molecule has 2 N–H and O–H groups in total. The fraction of sp³-hybridized carbons (Fsp3) is 0.909. The number of amides is 1. The van der Waals surface area contributed by atoms with Crippen molar-refractivity contribution in [2.45, 2.75) is 32.7 Å². The van der Waals surface area contributed by atoms with E-state index in [9.17, 15) is 4.79 Å². The van der Waals surface area contributed by atoms with E-state index in [1.807, 2.05) is 18.7 Å². The quantitative estimate of drug-likeness (QED) is 0.632. The van der Waals surface area contributed by atoms with Crippen molar-refractivity contribution in [1.82, 2.24) is 4.90 Å². The first-order valence-corrected chi connectivity index (χ1v) is 5.72. The number of rotatable bonds is 7. The Balaban J connectivity index is 2.29. The van der Waals surface area contributed by atoms with Gasteiger partial charge in [0.15, 0.2) is 0 Å². The minimum absolute atomic E-state index is 0.0883. The molecule has 1 amide bonds. The van der Waals surface area contributed by atoms with E-state index in [1.54, 1.807) is 0 Å². The first-order valence-electron chi connectivity index (χ1n) is 5.72. The number of carbonyl (C=O) groups excluding carboxylic acids is 1. The Morgan fingerprint density at radius 1 is 1.53 bits per heavy atom. The summed E-state index contributed by atoms with van der Waals surface area (Å²) in [4.78, 5) is 13.7.